The zero-order valence-electron chi connectivity index (χ0n) is 13.2. The molecule has 0 spiro atoms. The summed E-state index contributed by atoms with van der Waals surface area (Å²) in [6.07, 6.45) is 6.00. The molecule has 0 saturated carbocycles. The Kier molecular flexibility index (Phi) is 4.59. The van der Waals surface area contributed by atoms with Crippen LogP contribution in [0.2, 0.25) is 0 Å². The van der Waals surface area contributed by atoms with Crippen LogP contribution >= 0.6 is 0 Å². The van der Waals surface area contributed by atoms with Crippen LogP contribution < -0.4 is 5.32 Å². The van der Waals surface area contributed by atoms with Crippen molar-refractivity contribution in [3.8, 4) is 0 Å². The fourth-order valence-corrected chi connectivity index (χ4v) is 3.38. The Morgan fingerprint density at radius 1 is 1.55 bits per heavy atom. The largest absolute Gasteiger partial charge is 0.374 e. The van der Waals surface area contributed by atoms with E-state index in [0.29, 0.717) is 6.04 Å². The summed E-state index contributed by atoms with van der Waals surface area (Å²) in [5, 5.41) is 3.10. The van der Waals surface area contributed by atoms with E-state index in [2.05, 4.69) is 21.3 Å². The maximum Gasteiger partial charge on any atom is 0.317 e. The summed E-state index contributed by atoms with van der Waals surface area (Å²) in [6.45, 7) is 2.47. The highest BCUT2D eigenvalue weighted by Gasteiger charge is 2.44. The molecule has 0 aromatic carbocycles. The first kappa shape index (κ1) is 15.2. The number of carbonyl (C=O) groups is 1. The summed E-state index contributed by atoms with van der Waals surface area (Å²) in [7, 11) is 3.52. The van der Waals surface area contributed by atoms with Crippen LogP contribution in [-0.4, -0.2) is 66.2 Å². The van der Waals surface area contributed by atoms with Crippen molar-refractivity contribution in [1.82, 2.24) is 20.1 Å². The van der Waals surface area contributed by atoms with E-state index in [4.69, 9.17) is 4.74 Å². The highest BCUT2D eigenvalue weighted by molar-refractivity contribution is 5.74. The summed E-state index contributed by atoms with van der Waals surface area (Å²) in [5.74, 6) is 0. The third-order valence-corrected chi connectivity index (χ3v) is 4.45. The van der Waals surface area contributed by atoms with Gasteiger partial charge in [0.15, 0.2) is 0 Å². The molecule has 2 amide bonds. The fourth-order valence-electron chi connectivity index (χ4n) is 3.38. The van der Waals surface area contributed by atoms with Gasteiger partial charge in [-0.15, -0.1) is 0 Å². The molecular weight excluding hydrogens is 280 g/mol. The second-order valence-electron chi connectivity index (χ2n) is 6.29. The van der Waals surface area contributed by atoms with E-state index >= 15 is 0 Å². The molecule has 1 N–H and O–H groups in total. The number of pyridine rings is 1. The second-order valence-corrected chi connectivity index (χ2v) is 6.29. The molecular formula is C16H24N4O2. The molecule has 2 fully saturated rings. The van der Waals surface area contributed by atoms with Crippen molar-refractivity contribution in [2.75, 3.05) is 27.2 Å². The predicted molar refractivity (Wildman–Crippen MR) is 83.4 cm³/mol. The molecule has 2 aliphatic heterocycles. The van der Waals surface area contributed by atoms with Crippen LogP contribution in [0.5, 0.6) is 0 Å². The van der Waals surface area contributed by atoms with E-state index in [9.17, 15) is 4.79 Å². The highest BCUT2D eigenvalue weighted by Crippen LogP contribution is 2.30. The maximum atomic E-state index is 12.0. The van der Waals surface area contributed by atoms with E-state index in [1.165, 1.54) is 5.56 Å². The number of carbonyl (C=O) groups excluding carboxylic acids is 1. The SMILES string of the molecule is CN(C)C(=O)N[C@@H]1CN(Cc2cccnc2)[C@H]2CCCO[C@@H]12. The number of hydrogen-bond acceptors (Lipinski definition) is 4. The number of amides is 2. The minimum absolute atomic E-state index is 0.0527. The normalized spacial score (nSPS) is 28.2. The molecule has 2 aliphatic rings. The lowest BCUT2D eigenvalue weighted by Gasteiger charge is -2.32. The Hall–Kier alpha value is -1.66. The lowest BCUT2D eigenvalue weighted by Crippen LogP contribution is -2.50. The van der Waals surface area contributed by atoms with Gasteiger partial charge >= 0.3 is 6.03 Å². The van der Waals surface area contributed by atoms with Gasteiger partial charge in [-0.1, -0.05) is 6.07 Å². The Labute approximate surface area is 131 Å². The molecule has 3 heterocycles. The third kappa shape index (κ3) is 3.23. The average molecular weight is 304 g/mol. The van der Waals surface area contributed by atoms with E-state index in [0.717, 1.165) is 32.5 Å². The first-order valence-corrected chi connectivity index (χ1v) is 7.87. The minimum Gasteiger partial charge on any atom is -0.374 e. The van der Waals surface area contributed by atoms with Crippen LogP contribution in [0.1, 0.15) is 18.4 Å². The van der Waals surface area contributed by atoms with Crippen LogP contribution in [0.15, 0.2) is 24.5 Å². The molecule has 1 aromatic heterocycles. The van der Waals surface area contributed by atoms with Crippen LogP contribution in [-0.2, 0) is 11.3 Å². The number of aromatic nitrogens is 1. The van der Waals surface area contributed by atoms with E-state index in [-0.39, 0.29) is 18.2 Å². The number of likely N-dealkylation sites (tertiary alicyclic amines) is 1. The van der Waals surface area contributed by atoms with Crippen molar-refractivity contribution >= 4 is 6.03 Å². The molecule has 120 valence electrons. The molecule has 6 nitrogen and oxygen atoms in total. The van der Waals surface area contributed by atoms with Gasteiger partial charge in [-0.05, 0) is 24.5 Å². The maximum absolute atomic E-state index is 12.0. The summed E-state index contributed by atoms with van der Waals surface area (Å²) < 4.78 is 5.97. The van der Waals surface area contributed by atoms with Gasteiger partial charge in [0.05, 0.1) is 12.1 Å². The summed E-state index contributed by atoms with van der Waals surface area (Å²) in [6, 6.07) is 4.43. The lowest BCUT2D eigenvalue weighted by molar-refractivity contribution is -0.0207. The quantitative estimate of drug-likeness (QED) is 0.908. The summed E-state index contributed by atoms with van der Waals surface area (Å²) >= 11 is 0. The minimum atomic E-state index is -0.0545. The Balaban J connectivity index is 1.70. The first-order valence-electron chi connectivity index (χ1n) is 7.87. The first-order chi connectivity index (χ1) is 10.6. The van der Waals surface area contributed by atoms with Gasteiger partial charge < -0.3 is 15.0 Å². The average Bonchev–Trinajstić information content (AvgIpc) is 2.86. The van der Waals surface area contributed by atoms with Gasteiger partial charge in [0.25, 0.3) is 0 Å². The molecule has 2 saturated heterocycles. The molecule has 6 heteroatoms. The van der Waals surface area contributed by atoms with Gasteiger partial charge in [-0.2, -0.15) is 0 Å². The van der Waals surface area contributed by atoms with Crippen LogP contribution in [0.25, 0.3) is 0 Å². The number of hydrogen-bond donors (Lipinski definition) is 1. The van der Waals surface area contributed by atoms with Crippen molar-refractivity contribution in [3.05, 3.63) is 30.1 Å². The van der Waals surface area contributed by atoms with E-state index in [1.54, 1.807) is 25.2 Å². The molecule has 0 aliphatic carbocycles. The molecule has 0 unspecified atom stereocenters. The molecule has 3 atom stereocenters. The summed E-state index contributed by atoms with van der Waals surface area (Å²) in [5.41, 5.74) is 1.20. The topological polar surface area (TPSA) is 57.7 Å². The van der Waals surface area contributed by atoms with Crippen LogP contribution in [0.4, 0.5) is 4.79 Å². The summed E-state index contributed by atoms with van der Waals surface area (Å²) in [4.78, 5) is 20.1. The number of ether oxygens (including phenoxy) is 1. The van der Waals surface area contributed by atoms with Gasteiger partial charge in [-0.3, -0.25) is 9.88 Å². The van der Waals surface area contributed by atoms with Crippen molar-refractivity contribution in [2.45, 2.75) is 37.6 Å². The van der Waals surface area contributed by atoms with Gasteiger partial charge in [0.2, 0.25) is 0 Å². The number of urea groups is 1. The number of fused-ring (bicyclic) bond motifs is 1. The monoisotopic (exact) mass is 304 g/mol. The van der Waals surface area contributed by atoms with E-state index in [1.807, 2.05) is 12.3 Å². The molecule has 0 radical (unpaired) electrons. The smallest absolute Gasteiger partial charge is 0.317 e. The number of nitrogens with one attached hydrogen (secondary N) is 1. The fraction of sp³-hybridized carbons (Fsp3) is 0.625. The molecule has 22 heavy (non-hydrogen) atoms. The molecule has 1 aromatic rings. The van der Waals surface area contributed by atoms with Gasteiger partial charge in [-0.25, -0.2) is 4.79 Å². The zero-order chi connectivity index (χ0) is 15.5. The number of nitrogens with zero attached hydrogens (tertiary/aromatic N) is 3. The Morgan fingerprint density at radius 2 is 2.41 bits per heavy atom. The third-order valence-electron chi connectivity index (χ3n) is 4.45. The standard InChI is InChI=1S/C16H24N4O2/c1-19(2)16(21)18-13-11-20(10-12-5-3-7-17-9-12)14-6-4-8-22-15(13)14/h3,5,7,9,13-15H,4,6,8,10-11H2,1-2H3,(H,18,21)/t13-,14+,15+/m1/s1. The molecule has 3 rings (SSSR count). The second kappa shape index (κ2) is 6.62. The number of rotatable bonds is 3. The van der Waals surface area contributed by atoms with Crippen molar-refractivity contribution < 1.29 is 9.53 Å². The predicted octanol–water partition coefficient (Wildman–Crippen LogP) is 1.08. The van der Waals surface area contributed by atoms with Crippen molar-refractivity contribution in [1.29, 1.82) is 0 Å². The lowest BCUT2D eigenvalue weighted by atomic mass is 10.0. The Morgan fingerprint density at radius 3 is 3.14 bits per heavy atom. The zero-order valence-corrected chi connectivity index (χ0v) is 13.2. The van der Waals surface area contributed by atoms with Crippen molar-refractivity contribution in [3.63, 3.8) is 0 Å². The van der Waals surface area contributed by atoms with Gasteiger partial charge in [0.1, 0.15) is 0 Å². The molecule has 0 bridgehead atoms. The van der Waals surface area contributed by atoms with Crippen LogP contribution in [0, 0.1) is 0 Å². The van der Waals surface area contributed by atoms with Gasteiger partial charge in [0, 0.05) is 52.2 Å². The highest BCUT2D eigenvalue weighted by atomic mass is 16.5. The Bertz CT molecular complexity index is 508. The van der Waals surface area contributed by atoms with Crippen LogP contribution in [0.3, 0.4) is 0 Å². The van der Waals surface area contributed by atoms with E-state index < -0.39 is 0 Å². The van der Waals surface area contributed by atoms with Crippen molar-refractivity contribution in [2.24, 2.45) is 0 Å².